The standard InChI is InChI=1S/C12H13Cl2N3.ClH/c13-11(14)9-17(12-15-6-7-16-12)8-10-4-2-1-3-5-10;/h1-7,11H,8-9H2,(H,15,16);1H. The van der Waals surface area contributed by atoms with Gasteiger partial charge in [0.25, 0.3) is 0 Å². The fraction of sp³-hybridized carbons (Fsp3) is 0.250. The van der Waals surface area contributed by atoms with E-state index in [0.717, 1.165) is 12.5 Å². The Morgan fingerprint density at radius 1 is 1.22 bits per heavy atom. The van der Waals surface area contributed by atoms with E-state index in [9.17, 15) is 0 Å². The van der Waals surface area contributed by atoms with Crippen LogP contribution in [-0.2, 0) is 6.54 Å². The number of hydrogen-bond acceptors (Lipinski definition) is 2. The molecule has 18 heavy (non-hydrogen) atoms. The maximum atomic E-state index is 5.84. The Kier molecular flexibility index (Phi) is 6.33. The highest BCUT2D eigenvalue weighted by molar-refractivity contribution is 6.44. The molecule has 0 saturated carbocycles. The highest BCUT2D eigenvalue weighted by atomic mass is 35.5. The summed E-state index contributed by atoms with van der Waals surface area (Å²) in [5.41, 5.74) is 1.19. The quantitative estimate of drug-likeness (QED) is 0.855. The van der Waals surface area contributed by atoms with Gasteiger partial charge in [0.1, 0.15) is 4.84 Å². The number of hydrogen-bond donors (Lipinski definition) is 1. The molecule has 2 rings (SSSR count). The van der Waals surface area contributed by atoms with Crippen LogP contribution in [0.3, 0.4) is 0 Å². The second kappa shape index (κ2) is 7.52. The summed E-state index contributed by atoms with van der Waals surface area (Å²) < 4.78 is 0. The molecule has 0 bridgehead atoms. The predicted molar refractivity (Wildman–Crippen MR) is 78.8 cm³/mol. The van der Waals surface area contributed by atoms with E-state index < -0.39 is 4.84 Å². The molecule has 0 aliphatic rings. The molecule has 2 aromatic rings. The number of aromatic nitrogens is 2. The maximum absolute atomic E-state index is 5.84. The van der Waals surface area contributed by atoms with E-state index >= 15 is 0 Å². The summed E-state index contributed by atoms with van der Waals surface area (Å²) in [7, 11) is 0. The number of H-pyrrole nitrogens is 1. The third-order valence-corrected chi connectivity index (χ3v) is 2.63. The number of rotatable bonds is 5. The van der Waals surface area contributed by atoms with E-state index in [4.69, 9.17) is 23.2 Å². The molecule has 0 spiro atoms. The molecule has 3 nitrogen and oxygen atoms in total. The minimum atomic E-state index is -0.441. The zero-order valence-corrected chi connectivity index (χ0v) is 11.9. The molecule has 1 heterocycles. The smallest absolute Gasteiger partial charge is 0.203 e. The molecule has 1 N–H and O–H groups in total. The number of benzene rings is 1. The maximum Gasteiger partial charge on any atom is 0.203 e. The molecule has 0 aliphatic heterocycles. The molecule has 1 aromatic carbocycles. The lowest BCUT2D eigenvalue weighted by atomic mass is 10.2. The Morgan fingerprint density at radius 2 is 1.94 bits per heavy atom. The van der Waals surface area contributed by atoms with E-state index in [1.165, 1.54) is 5.56 Å². The Morgan fingerprint density at radius 3 is 2.50 bits per heavy atom. The topological polar surface area (TPSA) is 31.9 Å². The summed E-state index contributed by atoms with van der Waals surface area (Å²) in [6.45, 7) is 1.26. The zero-order chi connectivity index (χ0) is 12.1. The van der Waals surface area contributed by atoms with Gasteiger partial charge in [0.2, 0.25) is 5.95 Å². The van der Waals surface area contributed by atoms with E-state index in [1.807, 2.05) is 23.1 Å². The Hall–Kier alpha value is -0.900. The highest BCUT2D eigenvalue weighted by Gasteiger charge is 2.12. The third kappa shape index (κ3) is 4.41. The van der Waals surface area contributed by atoms with Crippen molar-refractivity contribution in [3.05, 3.63) is 48.3 Å². The van der Waals surface area contributed by atoms with Gasteiger partial charge < -0.3 is 9.88 Å². The number of halogens is 3. The van der Waals surface area contributed by atoms with E-state index in [2.05, 4.69) is 22.1 Å². The number of nitrogens with one attached hydrogen (secondary N) is 1. The molecule has 0 aliphatic carbocycles. The van der Waals surface area contributed by atoms with Gasteiger partial charge in [-0.3, -0.25) is 0 Å². The van der Waals surface area contributed by atoms with Crippen LogP contribution in [0.5, 0.6) is 0 Å². The van der Waals surface area contributed by atoms with Crippen LogP contribution in [0.15, 0.2) is 42.7 Å². The largest absolute Gasteiger partial charge is 0.335 e. The third-order valence-electron chi connectivity index (χ3n) is 2.36. The number of alkyl halides is 2. The Balaban J connectivity index is 0.00000162. The average molecular weight is 307 g/mol. The van der Waals surface area contributed by atoms with Crippen molar-refractivity contribution in [2.75, 3.05) is 11.4 Å². The molecule has 0 saturated heterocycles. The molecule has 0 atom stereocenters. The number of anilines is 1. The van der Waals surface area contributed by atoms with E-state index in [0.29, 0.717) is 6.54 Å². The summed E-state index contributed by atoms with van der Waals surface area (Å²) in [6, 6.07) is 10.1. The summed E-state index contributed by atoms with van der Waals surface area (Å²) in [5.74, 6) is 0.778. The second-order valence-corrected chi connectivity index (χ2v) is 4.95. The zero-order valence-electron chi connectivity index (χ0n) is 9.59. The van der Waals surface area contributed by atoms with Gasteiger partial charge in [-0.05, 0) is 5.56 Å². The molecule has 0 fully saturated rings. The van der Waals surface area contributed by atoms with Crippen LogP contribution in [0.25, 0.3) is 0 Å². The number of aromatic amines is 1. The molecular weight excluding hydrogens is 293 g/mol. The molecule has 0 amide bonds. The van der Waals surface area contributed by atoms with Gasteiger partial charge in [-0.25, -0.2) is 4.98 Å². The first kappa shape index (κ1) is 15.2. The van der Waals surface area contributed by atoms with Gasteiger partial charge in [-0.15, -0.1) is 35.6 Å². The minimum Gasteiger partial charge on any atom is -0.335 e. The van der Waals surface area contributed by atoms with Crippen molar-refractivity contribution in [3.8, 4) is 0 Å². The lowest BCUT2D eigenvalue weighted by Crippen LogP contribution is -2.28. The normalized spacial score (nSPS) is 10.2. The summed E-state index contributed by atoms with van der Waals surface area (Å²) in [5, 5.41) is 0. The van der Waals surface area contributed by atoms with Gasteiger partial charge in [0, 0.05) is 18.9 Å². The Labute approximate surface area is 123 Å². The van der Waals surface area contributed by atoms with E-state index in [-0.39, 0.29) is 12.4 Å². The molecule has 6 heteroatoms. The van der Waals surface area contributed by atoms with Crippen LogP contribution < -0.4 is 4.90 Å². The van der Waals surface area contributed by atoms with Gasteiger partial charge >= 0.3 is 0 Å². The first-order valence-electron chi connectivity index (χ1n) is 5.32. The first-order valence-corrected chi connectivity index (χ1v) is 6.19. The van der Waals surface area contributed by atoms with Crippen LogP contribution in [0.1, 0.15) is 5.56 Å². The van der Waals surface area contributed by atoms with Gasteiger partial charge in [0.05, 0.1) is 6.54 Å². The van der Waals surface area contributed by atoms with Crippen molar-refractivity contribution in [2.45, 2.75) is 11.4 Å². The van der Waals surface area contributed by atoms with Crippen molar-refractivity contribution in [2.24, 2.45) is 0 Å². The molecule has 0 radical (unpaired) electrons. The fourth-order valence-corrected chi connectivity index (χ4v) is 1.96. The first-order chi connectivity index (χ1) is 8.25. The molecular formula is C12H14Cl3N3. The van der Waals surface area contributed by atoms with Gasteiger partial charge in [0.15, 0.2) is 0 Å². The second-order valence-electron chi connectivity index (χ2n) is 3.67. The van der Waals surface area contributed by atoms with Crippen LogP contribution in [0.2, 0.25) is 0 Å². The lowest BCUT2D eigenvalue weighted by molar-refractivity contribution is 0.790. The monoisotopic (exact) mass is 305 g/mol. The predicted octanol–water partition coefficient (Wildman–Crippen LogP) is 3.64. The minimum absolute atomic E-state index is 0. The van der Waals surface area contributed by atoms with E-state index in [1.54, 1.807) is 12.4 Å². The lowest BCUT2D eigenvalue weighted by Gasteiger charge is -2.22. The molecule has 98 valence electrons. The van der Waals surface area contributed by atoms with Crippen LogP contribution >= 0.6 is 35.6 Å². The molecule has 1 aromatic heterocycles. The molecule has 0 unspecified atom stereocenters. The number of nitrogens with zero attached hydrogens (tertiary/aromatic N) is 2. The summed E-state index contributed by atoms with van der Waals surface area (Å²) in [6.07, 6.45) is 3.50. The van der Waals surface area contributed by atoms with Crippen molar-refractivity contribution < 1.29 is 0 Å². The average Bonchev–Trinajstić information content (AvgIpc) is 2.82. The summed E-state index contributed by atoms with van der Waals surface area (Å²) in [4.78, 5) is 8.85. The number of imidazole rings is 1. The van der Waals surface area contributed by atoms with Crippen LogP contribution in [-0.4, -0.2) is 21.3 Å². The highest BCUT2D eigenvalue weighted by Crippen LogP contribution is 2.15. The van der Waals surface area contributed by atoms with Gasteiger partial charge in [-0.1, -0.05) is 30.3 Å². The van der Waals surface area contributed by atoms with Crippen molar-refractivity contribution in [1.82, 2.24) is 9.97 Å². The Bertz CT molecular complexity index is 431. The summed E-state index contributed by atoms with van der Waals surface area (Å²) >= 11 is 11.7. The van der Waals surface area contributed by atoms with Gasteiger partial charge in [-0.2, -0.15) is 0 Å². The SMILES string of the molecule is Cl.ClC(Cl)CN(Cc1ccccc1)c1ncc[nH]1. The van der Waals surface area contributed by atoms with Crippen molar-refractivity contribution >= 4 is 41.6 Å². The fourth-order valence-electron chi connectivity index (χ4n) is 1.63. The van der Waals surface area contributed by atoms with Crippen LogP contribution in [0, 0.1) is 0 Å². The van der Waals surface area contributed by atoms with Crippen LogP contribution in [0.4, 0.5) is 5.95 Å². The van der Waals surface area contributed by atoms with Crippen molar-refractivity contribution in [1.29, 1.82) is 0 Å². The van der Waals surface area contributed by atoms with Crippen molar-refractivity contribution in [3.63, 3.8) is 0 Å².